The normalized spacial score (nSPS) is 18.2. The van der Waals surface area contributed by atoms with Gasteiger partial charge >= 0.3 is 0 Å². The second-order valence-electron chi connectivity index (χ2n) is 11.6. The second-order valence-corrected chi connectivity index (χ2v) is 12.0. The molecule has 3 atom stereocenters. The van der Waals surface area contributed by atoms with Crippen molar-refractivity contribution in [2.45, 2.75) is 44.4 Å². The predicted octanol–water partition coefficient (Wildman–Crippen LogP) is 3.58. The highest BCUT2D eigenvalue weighted by atomic mass is 35.5. The van der Waals surface area contributed by atoms with Crippen LogP contribution in [0.25, 0.3) is 0 Å². The Bertz CT molecular complexity index is 1480. The van der Waals surface area contributed by atoms with E-state index >= 15 is 0 Å². The molecule has 2 aliphatic rings. The molecule has 3 amide bonds. The SMILES string of the molecule is CC(=O)N(C)CC(c1ccccc1F)N1CCN(C(=O)C(Cc2ccc(Cl)cc2)NC(=O)C2Cc3ccccc3CN2)CC1. The van der Waals surface area contributed by atoms with Gasteiger partial charge in [-0.05, 0) is 41.3 Å². The van der Waals surface area contributed by atoms with Gasteiger partial charge in [-0.2, -0.15) is 0 Å². The first-order valence-electron chi connectivity index (χ1n) is 15.0. The molecular weight excluding hydrogens is 581 g/mol. The van der Waals surface area contributed by atoms with Crippen molar-refractivity contribution in [1.29, 1.82) is 0 Å². The van der Waals surface area contributed by atoms with Crippen molar-refractivity contribution in [2.75, 3.05) is 39.8 Å². The molecule has 0 aliphatic carbocycles. The molecule has 0 bridgehead atoms. The van der Waals surface area contributed by atoms with Gasteiger partial charge in [0.05, 0.1) is 12.1 Å². The van der Waals surface area contributed by atoms with Gasteiger partial charge in [0, 0.05) is 70.2 Å². The Morgan fingerprint density at radius 3 is 2.32 bits per heavy atom. The minimum Gasteiger partial charge on any atom is -0.344 e. The number of amides is 3. The van der Waals surface area contributed by atoms with Crippen LogP contribution in [0.15, 0.2) is 72.8 Å². The fourth-order valence-electron chi connectivity index (χ4n) is 5.99. The Hall–Kier alpha value is -3.79. The molecular formula is C34H39ClFN5O3. The minimum absolute atomic E-state index is 0.100. The summed E-state index contributed by atoms with van der Waals surface area (Å²) in [5.74, 6) is -0.792. The molecule has 0 aromatic heterocycles. The summed E-state index contributed by atoms with van der Waals surface area (Å²) in [6, 6.07) is 20.4. The van der Waals surface area contributed by atoms with Crippen molar-refractivity contribution in [3.63, 3.8) is 0 Å². The molecule has 5 rings (SSSR count). The van der Waals surface area contributed by atoms with Crippen molar-refractivity contribution in [1.82, 2.24) is 25.3 Å². The van der Waals surface area contributed by atoms with Crippen LogP contribution in [0, 0.1) is 5.82 Å². The number of carbonyl (C=O) groups excluding carboxylic acids is 3. The highest BCUT2D eigenvalue weighted by Gasteiger charge is 2.34. The van der Waals surface area contributed by atoms with Gasteiger partial charge in [0.25, 0.3) is 0 Å². The Kier molecular flexibility index (Phi) is 10.3. The van der Waals surface area contributed by atoms with Gasteiger partial charge in [-0.3, -0.25) is 19.3 Å². The largest absolute Gasteiger partial charge is 0.344 e. The highest BCUT2D eigenvalue weighted by molar-refractivity contribution is 6.30. The molecule has 2 heterocycles. The third-order valence-electron chi connectivity index (χ3n) is 8.68. The molecule has 0 saturated carbocycles. The van der Waals surface area contributed by atoms with Crippen molar-refractivity contribution < 1.29 is 18.8 Å². The van der Waals surface area contributed by atoms with Gasteiger partial charge in [-0.25, -0.2) is 4.39 Å². The lowest BCUT2D eigenvalue weighted by atomic mass is 9.95. The van der Waals surface area contributed by atoms with E-state index in [0.717, 1.165) is 11.1 Å². The van der Waals surface area contributed by atoms with Crippen LogP contribution in [0.3, 0.4) is 0 Å². The van der Waals surface area contributed by atoms with Crippen LogP contribution in [-0.2, 0) is 33.8 Å². The zero-order valence-corrected chi connectivity index (χ0v) is 25.9. The molecule has 8 nitrogen and oxygen atoms in total. The Morgan fingerprint density at radius 2 is 1.64 bits per heavy atom. The lowest BCUT2D eigenvalue weighted by Gasteiger charge is -2.41. The number of carbonyl (C=O) groups is 3. The van der Waals surface area contributed by atoms with E-state index in [9.17, 15) is 18.8 Å². The molecule has 232 valence electrons. The monoisotopic (exact) mass is 619 g/mol. The summed E-state index contributed by atoms with van der Waals surface area (Å²) >= 11 is 6.10. The first kappa shape index (κ1) is 31.6. The highest BCUT2D eigenvalue weighted by Crippen LogP contribution is 2.26. The molecule has 44 heavy (non-hydrogen) atoms. The zero-order valence-electron chi connectivity index (χ0n) is 25.1. The van der Waals surface area contributed by atoms with Crippen LogP contribution in [0.5, 0.6) is 0 Å². The summed E-state index contributed by atoms with van der Waals surface area (Å²) in [6.07, 6.45) is 0.876. The molecule has 3 aromatic rings. The van der Waals surface area contributed by atoms with Gasteiger partial charge in [-0.1, -0.05) is 66.2 Å². The molecule has 0 radical (unpaired) electrons. The first-order valence-corrected chi connectivity index (χ1v) is 15.4. The van der Waals surface area contributed by atoms with E-state index in [2.05, 4.69) is 21.6 Å². The topological polar surface area (TPSA) is 85.0 Å². The van der Waals surface area contributed by atoms with Crippen LogP contribution in [0.2, 0.25) is 5.02 Å². The van der Waals surface area contributed by atoms with E-state index in [1.807, 2.05) is 30.3 Å². The summed E-state index contributed by atoms with van der Waals surface area (Å²) in [7, 11) is 1.71. The molecule has 1 saturated heterocycles. The fourth-order valence-corrected chi connectivity index (χ4v) is 6.11. The number of fused-ring (bicyclic) bond motifs is 1. The van der Waals surface area contributed by atoms with Crippen LogP contribution >= 0.6 is 11.6 Å². The summed E-state index contributed by atoms with van der Waals surface area (Å²) in [4.78, 5) is 45.0. The average Bonchev–Trinajstić information content (AvgIpc) is 3.04. The zero-order chi connectivity index (χ0) is 31.2. The molecule has 3 aromatic carbocycles. The minimum atomic E-state index is -0.764. The summed E-state index contributed by atoms with van der Waals surface area (Å²) in [5, 5.41) is 6.96. The lowest BCUT2D eigenvalue weighted by Crippen LogP contribution is -2.58. The van der Waals surface area contributed by atoms with Crippen LogP contribution in [0.4, 0.5) is 4.39 Å². The number of benzene rings is 3. The fraction of sp³-hybridized carbons (Fsp3) is 0.382. The third kappa shape index (κ3) is 7.64. The van der Waals surface area contributed by atoms with Crippen LogP contribution in [-0.4, -0.2) is 84.3 Å². The van der Waals surface area contributed by atoms with Gasteiger partial charge in [0.2, 0.25) is 17.7 Å². The van der Waals surface area contributed by atoms with Crippen molar-refractivity contribution in [3.05, 3.63) is 106 Å². The average molecular weight is 620 g/mol. The quantitative estimate of drug-likeness (QED) is 0.383. The molecule has 2 N–H and O–H groups in total. The number of nitrogens with one attached hydrogen (secondary N) is 2. The van der Waals surface area contributed by atoms with E-state index < -0.39 is 12.1 Å². The maximum atomic E-state index is 14.9. The Morgan fingerprint density at radius 1 is 0.977 bits per heavy atom. The Labute approximate surface area is 263 Å². The van der Waals surface area contributed by atoms with Crippen molar-refractivity contribution in [2.24, 2.45) is 0 Å². The van der Waals surface area contributed by atoms with Gasteiger partial charge in [0.15, 0.2) is 0 Å². The molecule has 2 aliphatic heterocycles. The second kappa shape index (κ2) is 14.3. The molecule has 10 heteroatoms. The molecule has 1 fully saturated rings. The number of rotatable bonds is 9. The number of nitrogens with zero attached hydrogens (tertiary/aromatic N) is 3. The number of hydrogen-bond donors (Lipinski definition) is 2. The van der Waals surface area contributed by atoms with Gasteiger partial charge < -0.3 is 20.4 Å². The summed E-state index contributed by atoms with van der Waals surface area (Å²) in [6.45, 7) is 4.24. The predicted molar refractivity (Wildman–Crippen MR) is 168 cm³/mol. The van der Waals surface area contributed by atoms with E-state index in [0.29, 0.717) is 62.7 Å². The van der Waals surface area contributed by atoms with E-state index in [1.54, 1.807) is 47.2 Å². The number of likely N-dealkylation sites (N-methyl/N-ethyl adjacent to an activating group) is 1. The standard InChI is InChI=1S/C34H39ClFN5O3/c1-23(42)39(2)22-32(28-9-5-6-10-29(28)36)40-15-17-41(18-16-40)34(44)31(19-24-11-13-27(35)14-12-24)38-33(43)30-20-25-7-3-4-8-26(25)21-37-30/h3-14,30-32,37H,15-22H2,1-2H3,(H,38,43). The maximum Gasteiger partial charge on any atom is 0.245 e. The van der Waals surface area contributed by atoms with Crippen molar-refractivity contribution in [3.8, 4) is 0 Å². The van der Waals surface area contributed by atoms with Crippen LogP contribution in [0.1, 0.15) is 35.2 Å². The summed E-state index contributed by atoms with van der Waals surface area (Å²) in [5.41, 5.74) is 3.71. The lowest BCUT2D eigenvalue weighted by molar-refractivity contribution is -0.138. The Balaban J connectivity index is 1.29. The first-order chi connectivity index (χ1) is 21.2. The van der Waals surface area contributed by atoms with E-state index in [4.69, 9.17) is 11.6 Å². The number of piperazine rings is 1. The maximum absolute atomic E-state index is 14.9. The van der Waals surface area contributed by atoms with E-state index in [-0.39, 0.29) is 29.6 Å². The summed E-state index contributed by atoms with van der Waals surface area (Å²) < 4.78 is 14.9. The van der Waals surface area contributed by atoms with Crippen LogP contribution < -0.4 is 10.6 Å². The van der Waals surface area contributed by atoms with Crippen molar-refractivity contribution >= 4 is 29.3 Å². The molecule has 3 unspecified atom stereocenters. The number of halogens is 2. The number of hydrogen-bond acceptors (Lipinski definition) is 5. The molecule has 0 spiro atoms. The smallest absolute Gasteiger partial charge is 0.245 e. The van der Waals surface area contributed by atoms with Gasteiger partial charge in [0.1, 0.15) is 11.9 Å². The van der Waals surface area contributed by atoms with E-state index in [1.165, 1.54) is 18.6 Å². The third-order valence-corrected chi connectivity index (χ3v) is 8.93. The van der Waals surface area contributed by atoms with Gasteiger partial charge in [-0.15, -0.1) is 0 Å².